The summed E-state index contributed by atoms with van der Waals surface area (Å²) < 4.78 is 0. The predicted octanol–water partition coefficient (Wildman–Crippen LogP) is 2.80. The molecule has 0 saturated carbocycles. The summed E-state index contributed by atoms with van der Waals surface area (Å²) in [5, 5.41) is 10.5. The largest absolute Gasteiger partial charge is 0.351 e. The van der Waals surface area contributed by atoms with E-state index >= 15 is 0 Å². The van der Waals surface area contributed by atoms with E-state index in [0.717, 1.165) is 10.6 Å². The van der Waals surface area contributed by atoms with Crippen LogP contribution in [0.4, 0.5) is 4.79 Å². The molecule has 2 amide bonds. The van der Waals surface area contributed by atoms with E-state index in [0.29, 0.717) is 25.1 Å². The number of Topliss-reactive ketones (excluding diaryl/α,β-unsaturated/α-hetero) is 1. The molecule has 7 heteroatoms. The van der Waals surface area contributed by atoms with Crippen LogP contribution in [0.25, 0.3) is 0 Å². The molecule has 1 aromatic heterocycles. The predicted molar refractivity (Wildman–Crippen MR) is 93.4 cm³/mol. The van der Waals surface area contributed by atoms with Crippen molar-refractivity contribution in [1.82, 2.24) is 9.80 Å². The minimum absolute atomic E-state index is 0.187. The second-order valence-electron chi connectivity index (χ2n) is 5.52. The fourth-order valence-corrected chi connectivity index (χ4v) is 3.47. The van der Waals surface area contributed by atoms with Crippen molar-refractivity contribution in [2.75, 3.05) is 0 Å². The number of urea groups is 1. The van der Waals surface area contributed by atoms with Crippen molar-refractivity contribution in [3.8, 4) is 0 Å². The Morgan fingerprint density at radius 2 is 2.21 bits per heavy atom. The first-order valence-corrected chi connectivity index (χ1v) is 8.51. The average Bonchev–Trinajstić information content (AvgIpc) is 3.11. The maximum absolute atomic E-state index is 11.8. The van der Waals surface area contributed by atoms with Crippen LogP contribution in [0.1, 0.15) is 24.1 Å². The Balaban J connectivity index is 2.00. The molecule has 3 rings (SSSR count). The van der Waals surface area contributed by atoms with Gasteiger partial charge in [-0.15, -0.1) is 11.3 Å². The molecule has 2 heterocycles. The molecular formula is C17H18N4O2S. The second-order valence-corrected chi connectivity index (χ2v) is 6.47. The van der Waals surface area contributed by atoms with Crippen LogP contribution >= 0.6 is 11.3 Å². The van der Waals surface area contributed by atoms with Crippen LogP contribution in [0.15, 0.2) is 53.7 Å². The van der Waals surface area contributed by atoms with Gasteiger partial charge in [0.2, 0.25) is 0 Å². The molecule has 1 aliphatic carbocycles. The van der Waals surface area contributed by atoms with Gasteiger partial charge in [-0.3, -0.25) is 15.1 Å². The Bertz CT molecular complexity index is 749. The fourth-order valence-electron chi connectivity index (χ4n) is 2.80. The number of nitrogens with zero attached hydrogens (tertiary/aromatic N) is 2. The summed E-state index contributed by atoms with van der Waals surface area (Å²) in [6.07, 6.45) is 9.67. The highest BCUT2D eigenvalue weighted by molar-refractivity contribution is 7.12. The van der Waals surface area contributed by atoms with E-state index in [-0.39, 0.29) is 5.78 Å². The van der Waals surface area contributed by atoms with Gasteiger partial charge in [0.05, 0.1) is 4.88 Å². The van der Waals surface area contributed by atoms with Gasteiger partial charge in [0.1, 0.15) is 17.8 Å². The van der Waals surface area contributed by atoms with Crippen LogP contribution < -0.4 is 5.73 Å². The zero-order valence-corrected chi connectivity index (χ0v) is 13.8. The maximum atomic E-state index is 11.8. The van der Waals surface area contributed by atoms with Crippen LogP contribution in [-0.4, -0.2) is 33.6 Å². The minimum atomic E-state index is -0.586. The molecule has 6 nitrogen and oxygen atoms in total. The lowest BCUT2D eigenvalue weighted by atomic mass is 10.0. The average molecular weight is 342 g/mol. The molecular weight excluding hydrogens is 324 g/mol. The number of carbonyl (C=O) groups excluding carboxylic acids is 2. The van der Waals surface area contributed by atoms with Gasteiger partial charge in [-0.05, 0) is 30.0 Å². The van der Waals surface area contributed by atoms with Crippen LogP contribution in [0.2, 0.25) is 0 Å². The first-order chi connectivity index (χ1) is 11.6. The van der Waals surface area contributed by atoms with Gasteiger partial charge in [-0.2, -0.15) is 0 Å². The smallest absolute Gasteiger partial charge is 0.320 e. The van der Waals surface area contributed by atoms with Gasteiger partial charge in [0.15, 0.2) is 0 Å². The molecule has 0 aromatic carbocycles. The fraction of sp³-hybridized carbons (Fsp3) is 0.235. The van der Waals surface area contributed by atoms with Gasteiger partial charge in [0, 0.05) is 24.7 Å². The number of carbonyl (C=O) groups is 2. The lowest BCUT2D eigenvalue weighted by Gasteiger charge is -2.39. The summed E-state index contributed by atoms with van der Waals surface area (Å²) in [5.74, 6) is 0.481. The third-order valence-corrected chi connectivity index (χ3v) is 4.85. The molecule has 1 aromatic rings. The van der Waals surface area contributed by atoms with E-state index in [1.807, 2.05) is 35.7 Å². The summed E-state index contributed by atoms with van der Waals surface area (Å²) in [6, 6.07) is 3.16. The lowest BCUT2D eigenvalue weighted by molar-refractivity contribution is -0.118. The molecule has 1 aliphatic heterocycles. The Kier molecular flexibility index (Phi) is 4.61. The van der Waals surface area contributed by atoms with E-state index in [9.17, 15) is 9.59 Å². The lowest BCUT2D eigenvalue weighted by Crippen LogP contribution is -2.52. The third-order valence-electron chi connectivity index (χ3n) is 3.98. The second kappa shape index (κ2) is 6.84. The SMILES string of the molecule is N=C(c1cccs1)N(C1=CCC(=O)CC1)C1C=CC=CN1C(N)=O. The first kappa shape index (κ1) is 16.2. The Morgan fingerprint density at radius 3 is 2.83 bits per heavy atom. The molecule has 0 bridgehead atoms. The van der Waals surface area contributed by atoms with Crippen LogP contribution in [-0.2, 0) is 4.79 Å². The quantitative estimate of drug-likeness (QED) is 0.654. The zero-order chi connectivity index (χ0) is 17.1. The minimum Gasteiger partial charge on any atom is -0.351 e. The van der Waals surface area contributed by atoms with E-state index in [1.165, 1.54) is 16.2 Å². The van der Waals surface area contributed by atoms with E-state index in [1.54, 1.807) is 17.2 Å². The number of allylic oxidation sites excluding steroid dienone is 4. The molecule has 0 fully saturated rings. The summed E-state index contributed by atoms with van der Waals surface area (Å²) in [5.41, 5.74) is 6.36. The maximum Gasteiger partial charge on any atom is 0.320 e. The number of hydrogen-bond acceptors (Lipinski definition) is 4. The monoisotopic (exact) mass is 342 g/mol. The number of nitrogens with two attached hydrogens (primary N) is 1. The van der Waals surface area contributed by atoms with E-state index in [4.69, 9.17) is 11.1 Å². The van der Waals surface area contributed by atoms with E-state index < -0.39 is 12.2 Å². The molecule has 0 radical (unpaired) electrons. The number of hydrogen-bond donors (Lipinski definition) is 2. The summed E-state index contributed by atoms with van der Waals surface area (Å²) >= 11 is 1.46. The van der Waals surface area contributed by atoms with Crippen molar-refractivity contribution >= 4 is 29.0 Å². The molecule has 124 valence electrons. The van der Waals surface area contributed by atoms with Crippen molar-refractivity contribution in [3.05, 3.63) is 58.6 Å². The number of primary amides is 1. The van der Waals surface area contributed by atoms with Gasteiger partial charge in [-0.25, -0.2) is 4.79 Å². The Labute approximate surface area is 144 Å². The van der Waals surface area contributed by atoms with Crippen LogP contribution in [0, 0.1) is 5.41 Å². The molecule has 0 saturated heterocycles. The van der Waals surface area contributed by atoms with Crippen molar-refractivity contribution in [1.29, 1.82) is 5.41 Å². The molecule has 1 unspecified atom stereocenters. The van der Waals surface area contributed by atoms with Gasteiger partial charge in [-0.1, -0.05) is 18.2 Å². The number of thiophene rings is 1. The third kappa shape index (κ3) is 3.16. The standard InChI is InChI=1S/C17H18N4O2S/c18-16(14-4-3-11-24-14)21(12-6-8-13(22)9-7-12)15-5-1-2-10-20(15)17(19)23/h1-6,10-11,15,18H,7-9H2,(H2,19,23). The van der Waals surface area contributed by atoms with Crippen molar-refractivity contribution in [2.24, 2.45) is 5.73 Å². The van der Waals surface area contributed by atoms with Gasteiger partial charge in [0.25, 0.3) is 0 Å². The molecule has 2 aliphatic rings. The summed E-state index contributed by atoms with van der Waals surface area (Å²) in [4.78, 5) is 27.3. The highest BCUT2D eigenvalue weighted by Crippen LogP contribution is 2.28. The van der Waals surface area contributed by atoms with Gasteiger partial charge >= 0.3 is 6.03 Å². The van der Waals surface area contributed by atoms with Crippen molar-refractivity contribution < 1.29 is 9.59 Å². The molecule has 0 spiro atoms. The van der Waals surface area contributed by atoms with Crippen molar-refractivity contribution in [3.63, 3.8) is 0 Å². The summed E-state index contributed by atoms with van der Waals surface area (Å²) in [7, 11) is 0. The highest BCUT2D eigenvalue weighted by Gasteiger charge is 2.32. The number of rotatable bonds is 3. The zero-order valence-electron chi connectivity index (χ0n) is 13.0. The number of amidine groups is 1. The Morgan fingerprint density at radius 1 is 1.38 bits per heavy atom. The van der Waals surface area contributed by atoms with E-state index in [2.05, 4.69) is 0 Å². The number of ketones is 1. The first-order valence-electron chi connectivity index (χ1n) is 7.63. The highest BCUT2D eigenvalue weighted by atomic mass is 32.1. The normalized spacial score (nSPS) is 20.0. The Hall–Kier alpha value is -2.67. The number of nitrogens with one attached hydrogen (secondary N) is 1. The van der Waals surface area contributed by atoms with Crippen LogP contribution in [0.3, 0.4) is 0 Å². The molecule has 24 heavy (non-hydrogen) atoms. The molecule has 3 N–H and O–H groups in total. The number of amides is 2. The van der Waals surface area contributed by atoms with Gasteiger partial charge < -0.3 is 10.6 Å². The molecule has 1 atom stereocenters. The van der Waals surface area contributed by atoms with Crippen LogP contribution in [0.5, 0.6) is 0 Å². The van der Waals surface area contributed by atoms with Crippen molar-refractivity contribution in [2.45, 2.75) is 25.4 Å². The summed E-state index contributed by atoms with van der Waals surface area (Å²) in [6.45, 7) is 0. The topological polar surface area (TPSA) is 90.5 Å².